The third kappa shape index (κ3) is 2.74. The summed E-state index contributed by atoms with van der Waals surface area (Å²) in [6, 6.07) is 10.3. The topological polar surface area (TPSA) is 28.7 Å². The Morgan fingerprint density at radius 3 is 2.62 bits per heavy atom. The van der Waals surface area contributed by atoms with E-state index in [1.807, 2.05) is 6.07 Å². The highest BCUT2D eigenvalue weighted by molar-refractivity contribution is 6.17. The molecule has 0 atom stereocenters. The molecule has 0 aliphatic heterocycles. The lowest BCUT2D eigenvalue weighted by Gasteiger charge is -1.98. The molecular weight excluding hydrogens is 220 g/mol. The van der Waals surface area contributed by atoms with Crippen LogP contribution in [0, 0.1) is 0 Å². The van der Waals surface area contributed by atoms with Crippen molar-refractivity contribution < 1.29 is 0 Å². The van der Waals surface area contributed by atoms with E-state index in [-0.39, 0.29) is 0 Å². The second kappa shape index (κ2) is 5.52. The summed E-state index contributed by atoms with van der Waals surface area (Å²) in [7, 11) is 0. The van der Waals surface area contributed by atoms with E-state index in [1.54, 1.807) is 6.20 Å². The minimum atomic E-state index is 0.669. The molecule has 2 nitrogen and oxygen atoms in total. The Morgan fingerprint density at radius 1 is 1.19 bits per heavy atom. The van der Waals surface area contributed by atoms with Crippen LogP contribution in [0.25, 0.3) is 17.3 Å². The van der Waals surface area contributed by atoms with Gasteiger partial charge in [-0.1, -0.05) is 36.4 Å². The SMILES string of the molecule is ClCCC=Cc1ccc(-c2ccn[nH]2)cc1. The van der Waals surface area contributed by atoms with Crippen molar-refractivity contribution in [3.05, 3.63) is 48.2 Å². The van der Waals surface area contributed by atoms with E-state index >= 15 is 0 Å². The van der Waals surface area contributed by atoms with E-state index in [4.69, 9.17) is 11.6 Å². The summed E-state index contributed by atoms with van der Waals surface area (Å²) >= 11 is 5.60. The summed E-state index contributed by atoms with van der Waals surface area (Å²) in [6.45, 7) is 0. The summed E-state index contributed by atoms with van der Waals surface area (Å²) in [5.41, 5.74) is 3.37. The van der Waals surface area contributed by atoms with Gasteiger partial charge in [0.1, 0.15) is 0 Å². The maximum Gasteiger partial charge on any atom is 0.0650 e. The molecule has 1 heterocycles. The minimum Gasteiger partial charge on any atom is -0.278 e. The van der Waals surface area contributed by atoms with Crippen molar-refractivity contribution in [1.82, 2.24) is 10.2 Å². The minimum absolute atomic E-state index is 0.669. The summed E-state index contributed by atoms with van der Waals surface area (Å²) < 4.78 is 0. The van der Waals surface area contributed by atoms with Crippen molar-refractivity contribution in [2.75, 3.05) is 5.88 Å². The molecule has 2 rings (SSSR count). The molecule has 16 heavy (non-hydrogen) atoms. The fourth-order valence-corrected chi connectivity index (χ4v) is 1.60. The number of aromatic amines is 1. The molecule has 0 bridgehead atoms. The monoisotopic (exact) mass is 232 g/mol. The maximum atomic E-state index is 5.60. The first kappa shape index (κ1) is 11.0. The third-order valence-corrected chi connectivity index (χ3v) is 2.53. The largest absolute Gasteiger partial charge is 0.278 e. The molecular formula is C13H13ClN2. The standard InChI is InChI=1S/C13H13ClN2/c14-9-2-1-3-11-4-6-12(7-5-11)13-8-10-15-16-13/h1,3-8,10H,2,9H2,(H,15,16). The van der Waals surface area contributed by atoms with Crippen molar-refractivity contribution >= 4 is 17.7 Å². The first-order valence-corrected chi connectivity index (χ1v) is 5.76. The van der Waals surface area contributed by atoms with Crippen LogP contribution in [0.3, 0.4) is 0 Å². The Morgan fingerprint density at radius 2 is 2.00 bits per heavy atom. The fourth-order valence-electron chi connectivity index (χ4n) is 1.47. The van der Waals surface area contributed by atoms with E-state index < -0.39 is 0 Å². The highest BCUT2D eigenvalue weighted by atomic mass is 35.5. The van der Waals surface area contributed by atoms with Crippen LogP contribution in [0.5, 0.6) is 0 Å². The van der Waals surface area contributed by atoms with E-state index in [0.29, 0.717) is 5.88 Å². The highest BCUT2D eigenvalue weighted by Gasteiger charge is 1.96. The molecule has 0 fully saturated rings. The fraction of sp³-hybridized carbons (Fsp3) is 0.154. The van der Waals surface area contributed by atoms with Crippen molar-refractivity contribution in [3.8, 4) is 11.3 Å². The highest BCUT2D eigenvalue weighted by Crippen LogP contribution is 2.17. The zero-order valence-corrected chi connectivity index (χ0v) is 9.61. The van der Waals surface area contributed by atoms with Gasteiger partial charge >= 0.3 is 0 Å². The van der Waals surface area contributed by atoms with Crippen LogP contribution in [0.15, 0.2) is 42.6 Å². The molecule has 0 aliphatic rings. The summed E-state index contributed by atoms with van der Waals surface area (Å²) in [4.78, 5) is 0. The lowest BCUT2D eigenvalue weighted by molar-refractivity contribution is 1.10. The summed E-state index contributed by atoms with van der Waals surface area (Å²) in [5, 5.41) is 6.87. The van der Waals surface area contributed by atoms with Gasteiger partial charge in [-0.15, -0.1) is 11.6 Å². The average molecular weight is 233 g/mol. The average Bonchev–Trinajstić information content (AvgIpc) is 2.84. The number of nitrogens with one attached hydrogen (secondary N) is 1. The van der Waals surface area contributed by atoms with Crippen molar-refractivity contribution in [3.63, 3.8) is 0 Å². The zero-order chi connectivity index (χ0) is 11.2. The van der Waals surface area contributed by atoms with Crippen LogP contribution in [-0.4, -0.2) is 16.1 Å². The predicted octanol–water partition coefficient (Wildman–Crippen LogP) is 3.72. The molecule has 1 N–H and O–H groups in total. The lowest BCUT2D eigenvalue weighted by Crippen LogP contribution is -1.78. The van der Waals surface area contributed by atoms with Crippen LogP contribution < -0.4 is 0 Å². The van der Waals surface area contributed by atoms with Crippen LogP contribution in [-0.2, 0) is 0 Å². The van der Waals surface area contributed by atoms with Crippen molar-refractivity contribution in [1.29, 1.82) is 0 Å². The lowest BCUT2D eigenvalue weighted by atomic mass is 10.1. The molecule has 3 heteroatoms. The number of nitrogens with zero attached hydrogens (tertiary/aromatic N) is 1. The van der Waals surface area contributed by atoms with E-state index in [0.717, 1.165) is 17.7 Å². The Balaban J connectivity index is 2.11. The van der Waals surface area contributed by atoms with Crippen molar-refractivity contribution in [2.24, 2.45) is 0 Å². The van der Waals surface area contributed by atoms with Gasteiger partial charge in [-0.05, 0) is 23.6 Å². The first-order chi connectivity index (χ1) is 7.90. The molecule has 2 aromatic rings. The Hall–Kier alpha value is -1.54. The zero-order valence-electron chi connectivity index (χ0n) is 8.86. The first-order valence-electron chi connectivity index (χ1n) is 5.22. The number of H-pyrrole nitrogens is 1. The van der Waals surface area contributed by atoms with Crippen molar-refractivity contribution in [2.45, 2.75) is 6.42 Å². The number of aromatic nitrogens is 2. The van der Waals surface area contributed by atoms with Gasteiger partial charge in [0, 0.05) is 12.1 Å². The number of halogens is 1. The predicted molar refractivity (Wildman–Crippen MR) is 68.4 cm³/mol. The van der Waals surface area contributed by atoms with Crippen LogP contribution >= 0.6 is 11.6 Å². The van der Waals surface area contributed by atoms with Gasteiger partial charge in [0.05, 0.1) is 5.69 Å². The van der Waals surface area contributed by atoms with Gasteiger partial charge in [-0.2, -0.15) is 5.10 Å². The Bertz CT molecular complexity index is 443. The number of rotatable bonds is 4. The second-order valence-corrected chi connectivity index (χ2v) is 3.85. The number of benzene rings is 1. The smallest absolute Gasteiger partial charge is 0.0650 e. The summed E-state index contributed by atoms with van der Waals surface area (Å²) in [6.07, 6.45) is 6.82. The van der Waals surface area contributed by atoms with E-state index in [9.17, 15) is 0 Å². The molecule has 1 aromatic carbocycles. The molecule has 82 valence electrons. The van der Waals surface area contributed by atoms with Gasteiger partial charge in [0.15, 0.2) is 0 Å². The normalized spacial score (nSPS) is 11.1. The number of allylic oxidation sites excluding steroid dienone is 1. The van der Waals surface area contributed by atoms with E-state index in [1.165, 1.54) is 5.56 Å². The van der Waals surface area contributed by atoms with Crippen LogP contribution in [0.1, 0.15) is 12.0 Å². The molecule has 0 saturated carbocycles. The van der Waals surface area contributed by atoms with Gasteiger partial charge < -0.3 is 0 Å². The molecule has 0 aliphatic carbocycles. The Labute approximate surface area is 100.0 Å². The van der Waals surface area contributed by atoms with Crippen LogP contribution in [0.2, 0.25) is 0 Å². The summed E-state index contributed by atoms with van der Waals surface area (Å²) in [5.74, 6) is 0.669. The second-order valence-electron chi connectivity index (χ2n) is 3.47. The number of hydrogen-bond donors (Lipinski definition) is 1. The number of alkyl halides is 1. The molecule has 0 saturated heterocycles. The molecule has 0 radical (unpaired) electrons. The van der Waals surface area contributed by atoms with Gasteiger partial charge in [-0.25, -0.2) is 0 Å². The van der Waals surface area contributed by atoms with Gasteiger partial charge in [0.2, 0.25) is 0 Å². The quantitative estimate of drug-likeness (QED) is 0.800. The molecule has 1 aromatic heterocycles. The molecule has 0 unspecified atom stereocenters. The number of hydrogen-bond acceptors (Lipinski definition) is 1. The third-order valence-electron chi connectivity index (χ3n) is 2.31. The molecule has 0 spiro atoms. The van der Waals surface area contributed by atoms with Gasteiger partial charge in [-0.3, -0.25) is 5.10 Å². The Kier molecular flexibility index (Phi) is 3.78. The van der Waals surface area contributed by atoms with E-state index in [2.05, 4.69) is 46.6 Å². The van der Waals surface area contributed by atoms with Gasteiger partial charge in [0.25, 0.3) is 0 Å². The van der Waals surface area contributed by atoms with Crippen LogP contribution in [0.4, 0.5) is 0 Å². The molecule has 0 amide bonds. The maximum absolute atomic E-state index is 5.60.